The Balaban J connectivity index is 1.15. The average Bonchev–Trinajstić information content (AvgIpc) is 3.46. The number of amides is 2. The number of rotatable bonds is 8. The minimum Gasteiger partial charge on any atom is -0.378 e. The Morgan fingerprint density at radius 2 is 1.93 bits per heavy atom. The summed E-state index contributed by atoms with van der Waals surface area (Å²) >= 11 is 6.53. The molecule has 11 heteroatoms. The lowest BCUT2D eigenvalue weighted by atomic mass is 9.90. The van der Waals surface area contributed by atoms with Crippen LogP contribution in [0.25, 0.3) is 22.2 Å². The lowest BCUT2D eigenvalue weighted by Gasteiger charge is -2.32. The number of hydrogen-bond donors (Lipinski definition) is 4. The summed E-state index contributed by atoms with van der Waals surface area (Å²) in [6.45, 7) is 6.00. The zero-order valence-corrected chi connectivity index (χ0v) is 24.5. The van der Waals surface area contributed by atoms with Gasteiger partial charge in [0.15, 0.2) is 0 Å². The van der Waals surface area contributed by atoms with Crippen molar-refractivity contribution in [3.63, 3.8) is 0 Å². The van der Waals surface area contributed by atoms with Gasteiger partial charge in [0.1, 0.15) is 0 Å². The summed E-state index contributed by atoms with van der Waals surface area (Å²) in [5, 5.41) is 11.1. The lowest BCUT2D eigenvalue weighted by molar-refractivity contribution is -0.111. The number of para-hydroxylation sites is 1. The summed E-state index contributed by atoms with van der Waals surface area (Å²) in [6, 6.07) is 13.5. The number of halogens is 1. The number of carbonyl (C=O) groups excluding carboxylic acids is 2. The number of carbonyl (C=O) groups is 2. The van der Waals surface area contributed by atoms with Crippen LogP contribution in [0.1, 0.15) is 36.0 Å². The van der Waals surface area contributed by atoms with Crippen molar-refractivity contribution in [2.24, 2.45) is 0 Å². The first kappa shape index (κ1) is 28.7. The van der Waals surface area contributed by atoms with E-state index in [4.69, 9.17) is 21.3 Å². The monoisotopic (exact) mass is 599 g/mol. The second-order valence-electron chi connectivity index (χ2n) is 10.8. The van der Waals surface area contributed by atoms with Gasteiger partial charge in [-0.25, -0.2) is 9.97 Å². The van der Waals surface area contributed by atoms with Crippen molar-refractivity contribution in [1.82, 2.24) is 20.3 Å². The summed E-state index contributed by atoms with van der Waals surface area (Å²) in [5.74, 6) is 0.0654. The number of benzene rings is 2. The average molecular weight is 600 g/mol. The lowest BCUT2D eigenvalue weighted by Crippen LogP contribution is -2.43. The van der Waals surface area contributed by atoms with Crippen LogP contribution in [0.3, 0.4) is 0 Å². The van der Waals surface area contributed by atoms with Crippen LogP contribution in [0.15, 0.2) is 67.5 Å². The Morgan fingerprint density at radius 3 is 2.77 bits per heavy atom. The third-order valence-corrected chi connectivity index (χ3v) is 8.25. The zero-order chi connectivity index (χ0) is 29.8. The number of nitrogens with one attached hydrogen (secondary N) is 4. The Bertz CT molecular complexity index is 1650. The number of hydrogen-bond acceptors (Lipinski definition) is 7. The molecule has 1 saturated carbocycles. The maximum atomic E-state index is 13.6. The van der Waals surface area contributed by atoms with Gasteiger partial charge in [-0.3, -0.25) is 9.59 Å². The van der Waals surface area contributed by atoms with Gasteiger partial charge in [-0.2, -0.15) is 0 Å². The van der Waals surface area contributed by atoms with Crippen molar-refractivity contribution in [3.05, 3.63) is 78.1 Å². The molecule has 4 aromatic rings. The molecule has 1 aliphatic carbocycles. The highest BCUT2D eigenvalue weighted by molar-refractivity contribution is 6.33. The molecule has 2 fully saturated rings. The number of nitrogens with zero attached hydrogens (tertiary/aromatic N) is 3. The molecule has 2 aromatic heterocycles. The first-order valence-electron chi connectivity index (χ1n) is 14.5. The van der Waals surface area contributed by atoms with Gasteiger partial charge in [0, 0.05) is 53.5 Å². The smallest absolute Gasteiger partial charge is 0.253 e. The largest absolute Gasteiger partial charge is 0.378 e. The summed E-state index contributed by atoms with van der Waals surface area (Å²) in [5.41, 5.74) is 4.55. The van der Waals surface area contributed by atoms with Crippen molar-refractivity contribution in [2.75, 3.05) is 41.8 Å². The Hall–Kier alpha value is -4.41. The van der Waals surface area contributed by atoms with E-state index in [0.717, 1.165) is 47.8 Å². The molecule has 2 aliphatic rings. The van der Waals surface area contributed by atoms with E-state index in [9.17, 15) is 9.59 Å². The molecule has 4 N–H and O–H groups in total. The standard InChI is InChI=1S/C32H34ClN7O3/c1-2-29(41)36-22-10-11-24(28(17-22)40-12-14-43-15-13-40)31(42)37-20-6-5-7-21(16-20)38-32-35-19-26(33)30(39-32)25-18-34-27-9-4-3-8-23(25)27/h2-4,8-11,17-21,34H,1,5-7,12-16H2,(H,36,41)(H,37,42)(H,35,38,39)/t20-,21+/m0/s1. The van der Waals surface area contributed by atoms with E-state index in [2.05, 4.69) is 37.4 Å². The molecule has 3 heterocycles. The highest BCUT2D eigenvalue weighted by Crippen LogP contribution is 2.33. The second-order valence-corrected chi connectivity index (χ2v) is 11.2. The van der Waals surface area contributed by atoms with Crippen LogP contribution in [-0.4, -0.2) is 65.2 Å². The number of aromatic nitrogens is 3. The van der Waals surface area contributed by atoms with Crippen LogP contribution in [0, 0.1) is 0 Å². The number of H-pyrrole nitrogens is 1. The summed E-state index contributed by atoms with van der Waals surface area (Å²) in [6.07, 6.45) is 8.28. The normalized spacial score (nSPS) is 18.7. The molecule has 6 rings (SSSR count). The number of anilines is 3. The fraction of sp³-hybridized carbons (Fsp3) is 0.312. The topological polar surface area (TPSA) is 124 Å². The fourth-order valence-corrected chi connectivity index (χ4v) is 6.04. The Kier molecular flexibility index (Phi) is 8.57. The van der Waals surface area contributed by atoms with Crippen molar-refractivity contribution in [1.29, 1.82) is 0 Å². The van der Waals surface area contributed by atoms with Gasteiger partial charge in [-0.1, -0.05) is 36.4 Å². The SMILES string of the molecule is C=CC(=O)Nc1ccc(C(=O)N[C@H]2CCC[C@@H](Nc3ncc(Cl)c(-c4c[nH]c5ccccc45)n3)C2)c(N2CCOCC2)c1. The van der Waals surface area contributed by atoms with E-state index < -0.39 is 0 Å². The minimum absolute atomic E-state index is 0.0168. The van der Waals surface area contributed by atoms with Crippen LogP contribution in [0.4, 0.5) is 17.3 Å². The third-order valence-electron chi connectivity index (χ3n) is 7.98. The van der Waals surface area contributed by atoms with Crippen LogP contribution >= 0.6 is 11.6 Å². The first-order valence-corrected chi connectivity index (χ1v) is 14.9. The molecule has 2 aromatic carbocycles. The third kappa shape index (κ3) is 6.50. The second kappa shape index (κ2) is 12.8. The van der Waals surface area contributed by atoms with Crippen LogP contribution in [0.2, 0.25) is 5.02 Å². The van der Waals surface area contributed by atoms with E-state index >= 15 is 0 Å². The van der Waals surface area contributed by atoms with Gasteiger partial charge in [-0.15, -0.1) is 0 Å². The predicted octanol–water partition coefficient (Wildman–Crippen LogP) is 5.39. The van der Waals surface area contributed by atoms with Crippen molar-refractivity contribution in [2.45, 2.75) is 37.8 Å². The summed E-state index contributed by atoms with van der Waals surface area (Å²) in [7, 11) is 0. The molecule has 222 valence electrons. The fourth-order valence-electron chi connectivity index (χ4n) is 5.85. The van der Waals surface area contributed by atoms with Gasteiger partial charge in [0.2, 0.25) is 11.9 Å². The van der Waals surface area contributed by atoms with E-state index in [1.54, 1.807) is 18.3 Å². The Morgan fingerprint density at radius 1 is 1.12 bits per heavy atom. The van der Waals surface area contributed by atoms with Gasteiger partial charge >= 0.3 is 0 Å². The molecule has 1 aliphatic heterocycles. The van der Waals surface area contributed by atoms with Crippen molar-refractivity contribution < 1.29 is 14.3 Å². The van der Waals surface area contributed by atoms with E-state index in [-0.39, 0.29) is 23.9 Å². The quantitative estimate of drug-likeness (QED) is 0.200. The predicted molar refractivity (Wildman–Crippen MR) is 170 cm³/mol. The molecular weight excluding hydrogens is 566 g/mol. The highest BCUT2D eigenvalue weighted by Gasteiger charge is 2.27. The highest BCUT2D eigenvalue weighted by atomic mass is 35.5. The minimum atomic E-state index is -0.302. The van der Waals surface area contributed by atoms with Gasteiger partial charge in [0.25, 0.3) is 5.91 Å². The van der Waals surface area contributed by atoms with Crippen molar-refractivity contribution in [3.8, 4) is 11.3 Å². The zero-order valence-electron chi connectivity index (χ0n) is 23.7. The summed E-state index contributed by atoms with van der Waals surface area (Å²) in [4.78, 5) is 40.1. The number of aromatic amines is 1. The van der Waals surface area contributed by atoms with Crippen LogP contribution < -0.4 is 20.9 Å². The maximum absolute atomic E-state index is 13.6. The van der Waals surface area contributed by atoms with Crippen LogP contribution in [-0.2, 0) is 9.53 Å². The van der Waals surface area contributed by atoms with Crippen molar-refractivity contribution >= 4 is 51.6 Å². The van der Waals surface area contributed by atoms with Gasteiger partial charge in [0.05, 0.1) is 41.4 Å². The number of morpholine rings is 1. The first-order chi connectivity index (χ1) is 21.0. The molecule has 2 amide bonds. The molecular formula is C32H34ClN7O3. The van der Waals surface area contributed by atoms with E-state index in [1.165, 1.54) is 6.08 Å². The molecule has 0 radical (unpaired) electrons. The van der Waals surface area contributed by atoms with Gasteiger partial charge < -0.3 is 30.6 Å². The van der Waals surface area contributed by atoms with E-state index in [1.807, 2.05) is 36.5 Å². The molecule has 43 heavy (non-hydrogen) atoms. The van der Waals surface area contributed by atoms with Crippen LogP contribution in [0.5, 0.6) is 0 Å². The maximum Gasteiger partial charge on any atom is 0.253 e. The molecule has 10 nitrogen and oxygen atoms in total. The van der Waals surface area contributed by atoms with E-state index in [0.29, 0.717) is 54.2 Å². The number of fused-ring (bicyclic) bond motifs is 1. The molecule has 0 bridgehead atoms. The molecule has 2 atom stereocenters. The Labute approximate surface area is 254 Å². The number of ether oxygens (including phenoxy) is 1. The van der Waals surface area contributed by atoms with Gasteiger partial charge in [-0.05, 0) is 56.0 Å². The molecule has 0 unspecified atom stereocenters. The summed E-state index contributed by atoms with van der Waals surface area (Å²) < 4.78 is 5.52. The molecule has 1 saturated heterocycles. The molecule has 0 spiro atoms.